The molecule has 150 valence electrons. The molecule has 0 spiro atoms. The number of hydrogen-bond acceptors (Lipinski definition) is 3. The van der Waals surface area contributed by atoms with Crippen LogP contribution in [0.3, 0.4) is 0 Å². The van der Waals surface area contributed by atoms with Gasteiger partial charge in [-0.1, -0.05) is 36.4 Å². The van der Waals surface area contributed by atoms with Crippen LogP contribution in [0.4, 0.5) is 0 Å². The Morgan fingerprint density at radius 2 is 1.67 bits per heavy atom. The second-order valence-corrected chi connectivity index (χ2v) is 8.43. The van der Waals surface area contributed by atoms with Gasteiger partial charge in [0.05, 0.1) is 17.4 Å². The number of fused-ring (bicyclic) bond motifs is 1. The van der Waals surface area contributed by atoms with E-state index in [4.69, 9.17) is 0 Å². The first-order valence-electron chi connectivity index (χ1n) is 10.3. The maximum atomic E-state index is 13.0. The van der Waals surface area contributed by atoms with Crippen LogP contribution < -0.4 is 5.32 Å². The van der Waals surface area contributed by atoms with Crippen molar-refractivity contribution in [2.45, 2.75) is 24.9 Å². The van der Waals surface area contributed by atoms with Crippen molar-refractivity contribution in [3.05, 3.63) is 71.5 Å². The van der Waals surface area contributed by atoms with Gasteiger partial charge in [0.15, 0.2) is 0 Å². The summed E-state index contributed by atoms with van der Waals surface area (Å²) in [5.74, 6) is -1.51. The van der Waals surface area contributed by atoms with Crippen molar-refractivity contribution < 1.29 is 9.59 Å². The van der Waals surface area contributed by atoms with Gasteiger partial charge in [-0.3, -0.25) is 14.9 Å². The highest BCUT2D eigenvalue weighted by Crippen LogP contribution is 2.43. The van der Waals surface area contributed by atoms with Crippen LogP contribution >= 0.6 is 0 Å². The fraction of sp³-hybridized carbons (Fsp3) is 0.250. The molecule has 6 rings (SSSR count). The second-order valence-electron chi connectivity index (χ2n) is 8.43. The molecule has 2 N–H and O–H groups in total. The summed E-state index contributed by atoms with van der Waals surface area (Å²) in [5.41, 5.74) is 5.23. The molecule has 0 aliphatic carbocycles. The third-order valence-corrected chi connectivity index (χ3v) is 6.61. The van der Waals surface area contributed by atoms with Crippen molar-refractivity contribution in [2.24, 2.45) is 0 Å². The predicted molar refractivity (Wildman–Crippen MR) is 115 cm³/mol. The van der Waals surface area contributed by atoms with E-state index < -0.39 is 11.8 Å². The van der Waals surface area contributed by atoms with Crippen LogP contribution in [0.1, 0.15) is 28.5 Å². The lowest BCUT2D eigenvalue weighted by Crippen LogP contribution is -2.22. The minimum Gasteiger partial charge on any atom is -0.361 e. The normalized spacial score (nSPS) is 22.0. The third-order valence-electron chi connectivity index (χ3n) is 6.61. The molecule has 2 unspecified atom stereocenters. The molecule has 1 fully saturated rings. The highest BCUT2D eigenvalue weighted by atomic mass is 16.2. The number of H-pyrrole nitrogens is 1. The molecule has 6 nitrogen and oxygen atoms in total. The maximum absolute atomic E-state index is 13.0. The zero-order valence-corrected chi connectivity index (χ0v) is 16.7. The molecule has 4 heterocycles. The first-order valence-corrected chi connectivity index (χ1v) is 10.3. The standard InChI is InChI=1S/C24H22N4O2/c1-27-9-10-28-13-18(16-7-4-5-14(12-27)22(16)28)21-20(23(29)26-24(21)30)17-11-25-19-8-3-2-6-15(17)19/h2-8,11,13,20-21,25H,9-10,12H2,1H3,(H,26,29,30). The number of aromatic amines is 1. The SMILES string of the molecule is CN1CCn2cc(C3C(=O)NC(=O)C3c3c[nH]c4ccccc34)c3cccc(c32)C1. The molecule has 6 heteroatoms. The fourth-order valence-corrected chi connectivity index (χ4v) is 5.24. The van der Waals surface area contributed by atoms with Crippen molar-refractivity contribution in [3.63, 3.8) is 0 Å². The lowest BCUT2D eigenvalue weighted by Gasteiger charge is -2.16. The van der Waals surface area contributed by atoms with Crippen molar-refractivity contribution >= 4 is 33.6 Å². The Kier molecular flexibility index (Phi) is 3.67. The van der Waals surface area contributed by atoms with E-state index in [1.807, 2.05) is 30.5 Å². The first-order chi connectivity index (χ1) is 14.6. The number of carbonyl (C=O) groups excluding carboxylic acids is 2. The van der Waals surface area contributed by atoms with Gasteiger partial charge >= 0.3 is 0 Å². The van der Waals surface area contributed by atoms with E-state index in [1.165, 1.54) is 11.1 Å². The minimum absolute atomic E-state index is 0.214. The Labute approximate surface area is 173 Å². The zero-order valence-electron chi connectivity index (χ0n) is 16.7. The average molecular weight is 398 g/mol. The highest BCUT2D eigenvalue weighted by Gasteiger charge is 2.45. The van der Waals surface area contributed by atoms with Crippen molar-refractivity contribution in [2.75, 3.05) is 13.6 Å². The summed E-state index contributed by atoms with van der Waals surface area (Å²) in [6.07, 6.45) is 3.97. The molecule has 2 aliphatic rings. The highest BCUT2D eigenvalue weighted by molar-refractivity contribution is 6.13. The molecule has 0 bridgehead atoms. The van der Waals surface area contributed by atoms with Crippen LogP contribution in [0, 0.1) is 0 Å². The first kappa shape index (κ1) is 17.5. The number of nitrogens with one attached hydrogen (secondary N) is 2. The fourth-order valence-electron chi connectivity index (χ4n) is 5.24. The maximum Gasteiger partial charge on any atom is 0.235 e. The summed E-state index contributed by atoms with van der Waals surface area (Å²) in [5, 5.41) is 4.66. The van der Waals surface area contributed by atoms with E-state index in [0.717, 1.165) is 47.1 Å². The quantitative estimate of drug-likeness (QED) is 0.510. The number of benzene rings is 2. The molecule has 2 aliphatic heterocycles. The van der Waals surface area contributed by atoms with Crippen LogP contribution in [0.2, 0.25) is 0 Å². The van der Waals surface area contributed by atoms with Gasteiger partial charge in [-0.15, -0.1) is 0 Å². The largest absolute Gasteiger partial charge is 0.361 e. The van der Waals surface area contributed by atoms with Gasteiger partial charge in [0.2, 0.25) is 11.8 Å². The van der Waals surface area contributed by atoms with Crippen LogP contribution in [0.5, 0.6) is 0 Å². The van der Waals surface area contributed by atoms with Gasteiger partial charge in [0.1, 0.15) is 0 Å². The average Bonchev–Trinajstić information content (AvgIpc) is 3.36. The van der Waals surface area contributed by atoms with Gasteiger partial charge in [-0.05, 0) is 29.8 Å². The summed E-state index contributed by atoms with van der Waals surface area (Å²) in [7, 11) is 2.13. The molecule has 1 saturated heterocycles. The van der Waals surface area contributed by atoms with Gasteiger partial charge in [0.25, 0.3) is 0 Å². The Balaban J connectivity index is 1.56. The van der Waals surface area contributed by atoms with Gasteiger partial charge in [-0.2, -0.15) is 0 Å². The third kappa shape index (κ3) is 2.40. The number of aromatic nitrogens is 2. The molecule has 0 radical (unpaired) electrons. The molecule has 4 aromatic rings. The van der Waals surface area contributed by atoms with E-state index in [9.17, 15) is 9.59 Å². The summed E-state index contributed by atoms with van der Waals surface area (Å²) >= 11 is 0. The summed E-state index contributed by atoms with van der Waals surface area (Å²) in [4.78, 5) is 31.5. The molecular weight excluding hydrogens is 376 g/mol. The van der Waals surface area contributed by atoms with Crippen LogP contribution in [-0.2, 0) is 22.7 Å². The Bertz CT molecular complexity index is 1330. The Hall–Kier alpha value is -3.38. The molecule has 2 atom stereocenters. The lowest BCUT2D eigenvalue weighted by atomic mass is 9.83. The van der Waals surface area contributed by atoms with Crippen molar-refractivity contribution in [1.29, 1.82) is 0 Å². The minimum atomic E-state index is -0.540. The number of carbonyl (C=O) groups is 2. The van der Waals surface area contributed by atoms with Crippen molar-refractivity contribution in [3.8, 4) is 0 Å². The van der Waals surface area contributed by atoms with E-state index in [2.05, 4.69) is 51.2 Å². The number of para-hydroxylation sites is 2. The summed E-state index contributed by atoms with van der Waals surface area (Å²) < 4.78 is 2.26. The van der Waals surface area contributed by atoms with E-state index in [0.29, 0.717) is 0 Å². The number of amides is 2. The van der Waals surface area contributed by atoms with Gasteiger partial charge < -0.3 is 14.5 Å². The van der Waals surface area contributed by atoms with Crippen LogP contribution in [0.15, 0.2) is 54.9 Å². The number of hydrogen-bond donors (Lipinski definition) is 2. The predicted octanol–water partition coefficient (Wildman–Crippen LogP) is 3.09. The monoisotopic (exact) mass is 398 g/mol. The molecule has 2 amide bonds. The van der Waals surface area contributed by atoms with Crippen molar-refractivity contribution in [1.82, 2.24) is 19.8 Å². The van der Waals surface area contributed by atoms with Gasteiger partial charge in [0, 0.05) is 48.3 Å². The van der Waals surface area contributed by atoms with E-state index >= 15 is 0 Å². The smallest absolute Gasteiger partial charge is 0.235 e. The number of rotatable bonds is 2. The zero-order chi connectivity index (χ0) is 20.4. The molecule has 0 saturated carbocycles. The lowest BCUT2D eigenvalue weighted by molar-refractivity contribution is -0.125. The van der Waals surface area contributed by atoms with Gasteiger partial charge in [-0.25, -0.2) is 0 Å². The van der Waals surface area contributed by atoms with Crippen LogP contribution in [-0.4, -0.2) is 39.9 Å². The second kappa shape index (κ2) is 6.31. The molecule has 2 aromatic carbocycles. The number of imide groups is 1. The topological polar surface area (TPSA) is 70.1 Å². The molecule has 30 heavy (non-hydrogen) atoms. The summed E-state index contributed by atoms with van der Waals surface area (Å²) in [6, 6.07) is 14.2. The van der Waals surface area contributed by atoms with Crippen LogP contribution in [0.25, 0.3) is 21.8 Å². The number of nitrogens with zero attached hydrogens (tertiary/aromatic N) is 2. The van der Waals surface area contributed by atoms with E-state index in [1.54, 1.807) is 0 Å². The summed E-state index contributed by atoms with van der Waals surface area (Å²) in [6.45, 7) is 2.69. The van der Waals surface area contributed by atoms with E-state index in [-0.39, 0.29) is 11.8 Å². The molecular formula is C24H22N4O2. The molecule has 2 aromatic heterocycles. The Morgan fingerprint density at radius 3 is 2.53 bits per heavy atom. The number of likely N-dealkylation sites (N-methyl/N-ethyl adjacent to an activating group) is 1. The Morgan fingerprint density at radius 1 is 0.900 bits per heavy atom.